The highest BCUT2D eigenvalue weighted by Crippen LogP contribution is 2.25. The highest BCUT2D eigenvalue weighted by atomic mass is 16.6. The molecule has 0 aliphatic carbocycles. The summed E-state index contributed by atoms with van der Waals surface area (Å²) in [4.78, 5) is 12.2. The van der Waals surface area contributed by atoms with Gasteiger partial charge in [-0.2, -0.15) is 0 Å². The van der Waals surface area contributed by atoms with Gasteiger partial charge in [0.15, 0.2) is 0 Å². The van der Waals surface area contributed by atoms with Crippen molar-refractivity contribution in [2.45, 2.75) is 156 Å². The number of carbonyl (C=O) groups excluding carboxylic acids is 1. The van der Waals surface area contributed by atoms with Crippen LogP contribution in [0.2, 0.25) is 0 Å². The number of ether oxygens (including phenoxy) is 1. The summed E-state index contributed by atoms with van der Waals surface area (Å²) in [5.41, 5.74) is -0.270. The Morgan fingerprint density at radius 1 is 0.800 bits per heavy atom. The van der Waals surface area contributed by atoms with Crippen molar-refractivity contribution >= 4 is 5.97 Å². The topological polar surface area (TPSA) is 26.3 Å². The van der Waals surface area contributed by atoms with E-state index in [1.54, 1.807) is 0 Å². The Morgan fingerprint density at radius 3 is 1.87 bits per heavy atom. The van der Waals surface area contributed by atoms with Crippen LogP contribution >= 0.6 is 0 Å². The molecule has 178 valence electrons. The Labute approximate surface area is 189 Å². The predicted octanol–water partition coefficient (Wildman–Crippen LogP) is 9.56. The Bertz CT molecular complexity index is 413. The van der Waals surface area contributed by atoms with E-state index in [1.807, 2.05) is 0 Å². The predicted molar refractivity (Wildman–Crippen MR) is 133 cm³/mol. The van der Waals surface area contributed by atoms with Gasteiger partial charge >= 0.3 is 5.97 Å². The Hall–Kier alpha value is -0.790. The third-order valence-electron chi connectivity index (χ3n) is 6.24. The van der Waals surface area contributed by atoms with Crippen LogP contribution in [0.15, 0.2) is 12.2 Å². The molecule has 0 aromatic carbocycles. The maximum absolute atomic E-state index is 12.2. The summed E-state index contributed by atoms with van der Waals surface area (Å²) in [6.07, 6.45) is 26.2. The van der Waals surface area contributed by atoms with E-state index in [1.165, 1.54) is 77.0 Å². The molecule has 0 fully saturated rings. The fourth-order valence-electron chi connectivity index (χ4n) is 3.85. The summed E-state index contributed by atoms with van der Waals surface area (Å²) in [5, 5.41) is 0. The van der Waals surface area contributed by atoms with Gasteiger partial charge in [0.1, 0.15) is 5.60 Å². The van der Waals surface area contributed by atoms with E-state index >= 15 is 0 Å². The van der Waals surface area contributed by atoms with Crippen molar-refractivity contribution < 1.29 is 9.53 Å². The lowest BCUT2D eigenvalue weighted by molar-refractivity contribution is -0.159. The minimum Gasteiger partial charge on any atom is -0.459 e. The van der Waals surface area contributed by atoms with E-state index in [0.717, 1.165) is 38.0 Å². The van der Waals surface area contributed by atoms with Crippen molar-refractivity contribution in [3.8, 4) is 0 Å². The standard InChI is InChI=1S/C28H54O2/c1-6-8-9-10-11-12-13-14-15-16-17-18-19-20-21-24-27(29)30-28(5,7-2)25-22-23-26(3)4/h14-15,26H,6-13,16-25H2,1-5H3/b15-14-. The minimum atomic E-state index is -0.270. The molecule has 2 nitrogen and oxygen atoms in total. The van der Waals surface area contributed by atoms with Gasteiger partial charge in [0.25, 0.3) is 0 Å². The first-order valence-electron chi connectivity index (χ1n) is 13.3. The highest BCUT2D eigenvalue weighted by Gasteiger charge is 2.26. The van der Waals surface area contributed by atoms with E-state index in [2.05, 4.69) is 46.8 Å². The Kier molecular flexibility index (Phi) is 19.6. The van der Waals surface area contributed by atoms with Crippen LogP contribution in [0, 0.1) is 5.92 Å². The van der Waals surface area contributed by atoms with Gasteiger partial charge in [0, 0.05) is 6.42 Å². The largest absolute Gasteiger partial charge is 0.459 e. The van der Waals surface area contributed by atoms with E-state index in [-0.39, 0.29) is 11.6 Å². The summed E-state index contributed by atoms with van der Waals surface area (Å²) in [6, 6.07) is 0. The normalized spacial score (nSPS) is 13.8. The smallest absolute Gasteiger partial charge is 0.306 e. The van der Waals surface area contributed by atoms with Crippen molar-refractivity contribution in [2.24, 2.45) is 5.92 Å². The summed E-state index contributed by atoms with van der Waals surface area (Å²) >= 11 is 0. The zero-order valence-corrected chi connectivity index (χ0v) is 21.3. The van der Waals surface area contributed by atoms with Gasteiger partial charge in [-0.3, -0.25) is 4.79 Å². The molecular formula is C28H54O2. The number of esters is 1. The molecule has 0 bridgehead atoms. The maximum Gasteiger partial charge on any atom is 0.306 e. The summed E-state index contributed by atoms with van der Waals surface area (Å²) in [7, 11) is 0. The molecular weight excluding hydrogens is 368 g/mol. The number of hydrogen-bond acceptors (Lipinski definition) is 2. The van der Waals surface area contributed by atoms with Crippen LogP contribution in [0.1, 0.15) is 150 Å². The molecule has 0 aromatic heterocycles. The molecule has 0 aliphatic rings. The van der Waals surface area contributed by atoms with Gasteiger partial charge in [0.2, 0.25) is 0 Å². The van der Waals surface area contributed by atoms with Crippen molar-refractivity contribution in [1.29, 1.82) is 0 Å². The first kappa shape index (κ1) is 29.2. The molecule has 1 unspecified atom stereocenters. The summed E-state index contributed by atoms with van der Waals surface area (Å²) < 4.78 is 5.84. The monoisotopic (exact) mass is 422 g/mol. The molecule has 0 heterocycles. The fraction of sp³-hybridized carbons (Fsp3) is 0.893. The van der Waals surface area contributed by atoms with Gasteiger partial charge in [-0.25, -0.2) is 0 Å². The van der Waals surface area contributed by atoms with E-state index < -0.39 is 0 Å². The minimum absolute atomic E-state index is 0.00141. The van der Waals surface area contributed by atoms with Gasteiger partial charge in [-0.05, 0) is 64.2 Å². The molecule has 30 heavy (non-hydrogen) atoms. The fourth-order valence-corrected chi connectivity index (χ4v) is 3.85. The first-order chi connectivity index (χ1) is 14.4. The molecule has 0 aliphatic heterocycles. The average Bonchev–Trinajstić information content (AvgIpc) is 2.70. The van der Waals surface area contributed by atoms with Crippen LogP contribution in [0.25, 0.3) is 0 Å². The quantitative estimate of drug-likeness (QED) is 0.104. The molecule has 0 spiro atoms. The molecule has 0 saturated heterocycles. The summed E-state index contributed by atoms with van der Waals surface area (Å²) in [6.45, 7) is 11.0. The maximum atomic E-state index is 12.2. The van der Waals surface area contributed by atoms with Crippen molar-refractivity contribution in [1.82, 2.24) is 0 Å². The zero-order valence-electron chi connectivity index (χ0n) is 21.3. The molecule has 0 N–H and O–H groups in total. The molecule has 2 heteroatoms. The van der Waals surface area contributed by atoms with E-state index in [4.69, 9.17) is 4.74 Å². The lowest BCUT2D eigenvalue weighted by atomic mass is 9.93. The number of allylic oxidation sites excluding steroid dienone is 2. The highest BCUT2D eigenvalue weighted by molar-refractivity contribution is 5.69. The van der Waals surface area contributed by atoms with Gasteiger partial charge in [-0.15, -0.1) is 0 Å². The van der Waals surface area contributed by atoms with Crippen molar-refractivity contribution in [2.75, 3.05) is 0 Å². The van der Waals surface area contributed by atoms with E-state index in [9.17, 15) is 4.79 Å². The molecule has 0 radical (unpaired) electrons. The number of rotatable bonds is 21. The zero-order chi connectivity index (χ0) is 22.5. The second kappa shape index (κ2) is 20.1. The molecule has 0 amide bonds. The van der Waals surface area contributed by atoms with Crippen molar-refractivity contribution in [3.05, 3.63) is 12.2 Å². The molecule has 0 aromatic rings. The van der Waals surface area contributed by atoms with Gasteiger partial charge < -0.3 is 4.74 Å². The van der Waals surface area contributed by atoms with Gasteiger partial charge in [0.05, 0.1) is 0 Å². The third-order valence-corrected chi connectivity index (χ3v) is 6.24. The second-order valence-electron chi connectivity index (χ2n) is 9.90. The van der Waals surface area contributed by atoms with Crippen LogP contribution in [0.5, 0.6) is 0 Å². The van der Waals surface area contributed by atoms with Crippen LogP contribution in [-0.2, 0) is 9.53 Å². The molecule has 0 rings (SSSR count). The SMILES string of the molecule is CCCCCCCC/C=C\CCCCCCCC(=O)OC(C)(CC)CCCC(C)C. The van der Waals surface area contributed by atoms with Crippen LogP contribution in [0.3, 0.4) is 0 Å². The number of carbonyl (C=O) groups is 1. The van der Waals surface area contributed by atoms with Gasteiger partial charge in [-0.1, -0.05) is 97.6 Å². The van der Waals surface area contributed by atoms with Crippen LogP contribution in [-0.4, -0.2) is 11.6 Å². The average molecular weight is 423 g/mol. The molecule has 0 saturated carbocycles. The summed E-state index contributed by atoms with van der Waals surface area (Å²) in [5.74, 6) is 0.721. The van der Waals surface area contributed by atoms with Crippen LogP contribution in [0.4, 0.5) is 0 Å². The van der Waals surface area contributed by atoms with Crippen molar-refractivity contribution in [3.63, 3.8) is 0 Å². The first-order valence-corrected chi connectivity index (χ1v) is 13.3. The number of hydrogen-bond donors (Lipinski definition) is 0. The second-order valence-corrected chi connectivity index (χ2v) is 9.90. The third kappa shape index (κ3) is 19.2. The lowest BCUT2D eigenvalue weighted by Gasteiger charge is -2.29. The number of unbranched alkanes of at least 4 members (excludes halogenated alkanes) is 11. The Balaban J connectivity index is 3.58. The van der Waals surface area contributed by atoms with Crippen LogP contribution < -0.4 is 0 Å². The molecule has 1 atom stereocenters. The Morgan fingerprint density at radius 2 is 1.33 bits per heavy atom. The van der Waals surface area contributed by atoms with E-state index in [0.29, 0.717) is 6.42 Å². The lowest BCUT2D eigenvalue weighted by Crippen LogP contribution is -2.31.